The quantitative estimate of drug-likeness (QED) is 0.189. The fourth-order valence-corrected chi connectivity index (χ4v) is 5.22. The van der Waals surface area contributed by atoms with E-state index in [1.807, 2.05) is 0 Å². The van der Waals surface area contributed by atoms with Crippen molar-refractivity contribution in [1.29, 1.82) is 0 Å². The lowest BCUT2D eigenvalue weighted by atomic mass is 9.95. The van der Waals surface area contributed by atoms with E-state index in [9.17, 15) is 0 Å². The molecule has 0 fully saturated rings. The van der Waals surface area contributed by atoms with Gasteiger partial charge in [-0.2, -0.15) is 0 Å². The molecule has 0 atom stereocenters. The highest BCUT2D eigenvalue weighted by atomic mass is 14.2. The minimum absolute atomic E-state index is 1.02. The molecule has 1 aliphatic carbocycles. The Bertz CT molecular complexity index is 1620. The molecule has 0 unspecified atom stereocenters. The van der Waals surface area contributed by atoms with Gasteiger partial charge in [-0.05, 0) is 90.0 Å². The van der Waals surface area contributed by atoms with Gasteiger partial charge in [0.05, 0.1) is 0 Å². The SMILES string of the molecule is c1ccc2cc3cc4c(cc3cc2c1)Cc1c-4ccc2c1ccc1ccccc12. The molecule has 134 valence electrons. The van der Waals surface area contributed by atoms with Crippen LogP contribution in [0.5, 0.6) is 0 Å². The number of hydrogen-bond donors (Lipinski definition) is 0. The van der Waals surface area contributed by atoms with E-state index in [0.717, 1.165) is 6.42 Å². The summed E-state index contributed by atoms with van der Waals surface area (Å²) >= 11 is 0. The summed E-state index contributed by atoms with van der Waals surface area (Å²) in [5.74, 6) is 0. The van der Waals surface area contributed by atoms with Crippen molar-refractivity contribution in [3.63, 3.8) is 0 Å². The lowest BCUT2D eigenvalue weighted by Crippen LogP contribution is -1.85. The predicted molar refractivity (Wildman–Crippen MR) is 125 cm³/mol. The summed E-state index contributed by atoms with van der Waals surface area (Å²) in [4.78, 5) is 0. The summed E-state index contributed by atoms with van der Waals surface area (Å²) in [7, 11) is 0. The summed E-state index contributed by atoms with van der Waals surface area (Å²) in [6.45, 7) is 0. The van der Waals surface area contributed by atoms with E-state index in [1.165, 1.54) is 65.3 Å². The molecule has 0 saturated carbocycles. The van der Waals surface area contributed by atoms with Gasteiger partial charge in [-0.25, -0.2) is 0 Å². The normalized spacial score (nSPS) is 12.7. The van der Waals surface area contributed by atoms with Crippen molar-refractivity contribution >= 4 is 43.1 Å². The summed E-state index contributed by atoms with van der Waals surface area (Å²) in [6, 6.07) is 36.1. The molecule has 29 heavy (non-hydrogen) atoms. The van der Waals surface area contributed by atoms with Crippen molar-refractivity contribution in [1.82, 2.24) is 0 Å². The van der Waals surface area contributed by atoms with Crippen LogP contribution in [0.25, 0.3) is 54.2 Å². The Morgan fingerprint density at radius 2 is 1.10 bits per heavy atom. The second-order valence-electron chi connectivity index (χ2n) is 8.21. The third-order valence-electron chi connectivity index (χ3n) is 6.62. The molecule has 0 heterocycles. The first-order chi connectivity index (χ1) is 14.3. The van der Waals surface area contributed by atoms with E-state index in [2.05, 4.69) is 97.1 Å². The molecule has 1 aliphatic rings. The molecule has 0 N–H and O–H groups in total. The Labute approximate surface area is 169 Å². The summed E-state index contributed by atoms with van der Waals surface area (Å²) in [5.41, 5.74) is 5.72. The molecule has 6 aromatic rings. The molecular formula is C29H18. The van der Waals surface area contributed by atoms with Crippen LogP contribution in [-0.4, -0.2) is 0 Å². The fourth-order valence-electron chi connectivity index (χ4n) is 5.22. The van der Waals surface area contributed by atoms with Crippen LogP contribution in [0, 0.1) is 0 Å². The third-order valence-corrected chi connectivity index (χ3v) is 6.62. The van der Waals surface area contributed by atoms with Crippen LogP contribution < -0.4 is 0 Å². The molecule has 6 aromatic carbocycles. The van der Waals surface area contributed by atoms with Gasteiger partial charge in [-0.15, -0.1) is 0 Å². The molecule has 0 spiro atoms. The highest BCUT2D eigenvalue weighted by Gasteiger charge is 2.21. The molecule has 0 bridgehead atoms. The lowest BCUT2D eigenvalue weighted by molar-refractivity contribution is 1.29. The van der Waals surface area contributed by atoms with Gasteiger partial charge in [-0.1, -0.05) is 78.9 Å². The standard InChI is InChI=1S/C29H18/c1-2-7-20-14-22-16-28-23(15-21(22)13-19(20)6-1)17-29-26-10-9-18-5-3-4-8-24(18)25(26)11-12-27(28)29/h1-16H,17H2. The monoisotopic (exact) mass is 366 g/mol. The van der Waals surface area contributed by atoms with E-state index >= 15 is 0 Å². The first-order valence-electron chi connectivity index (χ1n) is 10.2. The Morgan fingerprint density at radius 3 is 1.93 bits per heavy atom. The van der Waals surface area contributed by atoms with E-state index in [4.69, 9.17) is 0 Å². The third kappa shape index (κ3) is 2.09. The number of fused-ring (bicyclic) bond motifs is 9. The second kappa shape index (κ2) is 5.46. The molecule has 0 aromatic heterocycles. The molecule has 0 amide bonds. The van der Waals surface area contributed by atoms with Gasteiger partial charge in [0.2, 0.25) is 0 Å². The lowest BCUT2D eigenvalue weighted by Gasteiger charge is -2.09. The molecular weight excluding hydrogens is 348 g/mol. The van der Waals surface area contributed by atoms with Crippen molar-refractivity contribution in [3.05, 3.63) is 108 Å². The van der Waals surface area contributed by atoms with Crippen molar-refractivity contribution in [2.75, 3.05) is 0 Å². The smallest absolute Gasteiger partial charge is 0.000706 e. The Kier molecular flexibility index (Phi) is 2.88. The van der Waals surface area contributed by atoms with Crippen molar-refractivity contribution in [2.24, 2.45) is 0 Å². The number of benzene rings is 6. The maximum atomic E-state index is 2.41. The molecule has 0 heteroatoms. The Balaban J connectivity index is 1.52. The van der Waals surface area contributed by atoms with Crippen molar-refractivity contribution in [3.8, 4) is 11.1 Å². The van der Waals surface area contributed by atoms with Gasteiger partial charge in [0.1, 0.15) is 0 Å². The Hall–Kier alpha value is -3.64. The summed E-state index contributed by atoms with van der Waals surface area (Å²) in [6.07, 6.45) is 1.02. The first kappa shape index (κ1) is 15.3. The second-order valence-corrected chi connectivity index (χ2v) is 8.21. The fraction of sp³-hybridized carbons (Fsp3) is 0.0345. The van der Waals surface area contributed by atoms with Gasteiger partial charge in [-0.3, -0.25) is 0 Å². The molecule has 0 saturated heterocycles. The minimum atomic E-state index is 1.02. The van der Waals surface area contributed by atoms with Gasteiger partial charge in [0.25, 0.3) is 0 Å². The average Bonchev–Trinajstić information content (AvgIpc) is 3.13. The van der Waals surface area contributed by atoms with Crippen molar-refractivity contribution < 1.29 is 0 Å². The topological polar surface area (TPSA) is 0 Å². The molecule has 0 radical (unpaired) electrons. The van der Waals surface area contributed by atoms with E-state index in [1.54, 1.807) is 0 Å². The van der Waals surface area contributed by atoms with Crippen LogP contribution in [-0.2, 0) is 6.42 Å². The van der Waals surface area contributed by atoms with Crippen LogP contribution in [0.4, 0.5) is 0 Å². The van der Waals surface area contributed by atoms with E-state index in [0.29, 0.717) is 0 Å². The summed E-state index contributed by atoms with van der Waals surface area (Å²) < 4.78 is 0. The largest absolute Gasteiger partial charge is 0.0616 e. The highest BCUT2D eigenvalue weighted by Crippen LogP contribution is 2.43. The molecule has 7 rings (SSSR count). The van der Waals surface area contributed by atoms with Crippen LogP contribution in [0.1, 0.15) is 11.1 Å². The minimum Gasteiger partial charge on any atom is -0.0616 e. The highest BCUT2D eigenvalue weighted by molar-refractivity contribution is 6.11. The van der Waals surface area contributed by atoms with Crippen molar-refractivity contribution in [2.45, 2.75) is 6.42 Å². The Morgan fingerprint density at radius 1 is 0.414 bits per heavy atom. The number of hydrogen-bond acceptors (Lipinski definition) is 0. The van der Waals surface area contributed by atoms with Gasteiger partial charge >= 0.3 is 0 Å². The zero-order valence-corrected chi connectivity index (χ0v) is 15.9. The number of rotatable bonds is 0. The van der Waals surface area contributed by atoms with Gasteiger partial charge < -0.3 is 0 Å². The maximum absolute atomic E-state index is 2.41. The maximum Gasteiger partial charge on any atom is -0.000706 e. The van der Waals surface area contributed by atoms with Crippen LogP contribution in [0.3, 0.4) is 0 Å². The van der Waals surface area contributed by atoms with Crippen LogP contribution in [0.2, 0.25) is 0 Å². The van der Waals surface area contributed by atoms with Gasteiger partial charge in [0, 0.05) is 0 Å². The average molecular weight is 366 g/mol. The van der Waals surface area contributed by atoms with E-state index < -0.39 is 0 Å². The first-order valence-corrected chi connectivity index (χ1v) is 10.2. The molecule has 0 nitrogen and oxygen atoms in total. The predicted octanol–water partition coefficient (Wildman–Crippen LogP) is 7.87. The van der Waals surface area contributed by atoms with Crippen LogP contribution in [0.15, 0.2) is 97.1 Å². The zero-order chi connectivity index (χ0) is 18.9. The summed E-state index contributed by atoms with van der Waals surface area (Å²) in [5, 5.41) is 10.7. The van der Waals surface area contributed by atoms with Crippen LogP contribution >= 0.6 is 0 Å². The zero-order valence-electron chi connectivity index (χ0n) is 15.9. The molecule has 0 aliphatic heterocycles. The van der Waals surface area contributed by atoms with Gasteiger partial charge in [0.15, 0.2) is 0 Å². The van der Waals surface area contributed by atoms with E-state index in [-0.39, 0.29) is 0 Å².